The van der Waals surface area contributed by atoms with Crippen molar-refractivity contribution >= 4 is 34.0 Å². The summed E-state index contributed by atoms with van der Waals surface area (Å²) in [5.41, 5.74) is 18.5. The van der Waals surface area contributed by atoms with Gasteiger partial charge in [-0.05, 0) is 111 Å². The number of fused-ring (bicyclic) bond motifs is 6. The molecule has 0 fully saturated rings. The van der Waals surface area contributed by atoms with Gasteiger partial charge in [0.05, 0.1) is 11.0 Å². The van der Waals surface area contributed by atoms with E-state index < -0.39 is 0 Å². The SMILES string of the molecule is CCC1(CC)c2cc(/C=C/c3ncc(-c4ccc5c(c4)C4c6ccccc6C5C5C=CC=CC45)cn3)ccc2-c2ccc(-n3c4ccccc4c4ccccc43)cc21. The molecule has 4 unspecified atom stereocenters. The Morgan fingerprint density at radius 1 is 0.552 bits per heavy atom. The first-order valence-electron chi connectivity index (χ1n) is 21.0. The summed E-state index contributed by atoms with van der Waals surface area (Å²) in [5, 5.41) is 2.58. The van der Waals surface area contributed by atoms with Crippen molar-refractivity contribution in [1.82, 2.24) is 14.5 Å². The van der Waals surface area contributed by atoms with Crippen molar-refractivity contribution < 1.29 is 0 Å². The Balaban J connectivity index is 0.848. The highest BCUT2D eigenvalue weighted by Crippen LogP contribution is 2.60. The maximum Gasteiger partial charge on any atom is 0.151 e. The summed E-state index contributed by atoms with van der Waals surface area (Å²) in [6, 6.07) is 47.9. The molecule has 2 heterocycles. The summed E-state index contributed by atoms with van der Waals surface area (Å²) in [5.74, 6) is 2.50. The van der Waals surface area contributed by atoms with Gasteiger partial charge in [-0.25, -0.2) is 9.97 Å². The zero-order valence-corrected chi connectivity index (χ0v) is 32.8. The van der Waals surface area contributed by atoms with Crippen molar-refractivity contribution in [1.29, 1.82) is 0 Å². The fourth-order valence-electron chi connectivity index (χ4n) is 11.6. The molecule has 2 aromatic heterocycles. The minimum absolute atomic E-state index is 0.0667. The van der Waals surface area contributed by atoms with Crippen LogP contribution in [0.4, 0.5) is 0 Å². The van der Waals surface area contributed by atoms with Crippen LogP contribution in [0.1, 0.15) is 83.3 Å². The smallest absolute Gasteiger partial charge is 0.151 e. The van der Waals surface area contributed by atoms with E-state index in [1.807, 2.05) is 12.4 Å². The molecule has 58 heavy (non-hydrogen) atoms. The van der Waals surface area contributed by atoms with E-state index in [2.05, 4.69) is 182 Å². The molecule has 2 bridgehead atoms. The van der Waals surface area contributed by atoms with E-state index in [0.29, 0.717) is 29.5 Å². The summed E-state index contributed by atoms with van der Waals surface area (Å²) < 4.78 is 2.44. The topological polar surface area (TPSA) is 30.7 Å². The Hall–Kier alpha value is -6.58. The third kappa shape index (κ3) is 4.68. The van der Waals surface area contributed by atoms with Crippen LogP contribution in [0.3, 0.4) is 0 Å². The number of rotatable bonds is 6. The van der Waals surface area contributed by atoms with Crippen molar-refractivity contribution in [2.24, 2.45) is 11.8 Å². The van der Waals surface area contributed by atoms with Crippen LogP contribution in [-0.4, -0.2) is 14.5 Å². The summed E-state index contributed by atoms with van der Waals surface area (Å²) in [4.78, 5) is 9.71. The van der Waals surface area contributed by atoms with Crippen LogP contribution in [0.25, 0.3) is 61.9 Å². The van der Waals surface area contributed by atoms with Gasteiger partial charge in [0.25, 0.3) is 0 Å². The summed E-state index contributed by atoms with van der Waals surface area (Å²) in [6.45, 7) is 4.70. The van der Waals surface area contributed by atoms with Crippen molar-refractivity contribution in [2.75, 3.05) is 0 Å². The fraction of sp³-hybridized carbons (Fsp3) is 0.164. The van der Waals surface area contributed by atoms with E-state index in [1.54, 1.807) is 0 Å². The number of benzene rings is 6. The first kappa shape index (κ1) is 33.5. The van der Waals surface area contributed by atoms with Gasteiger partial charge in [0.2, 0.25) is 0 Å². The molecule has 4 atom stereocenters. The maximum absolute atomic E-state index is 4.85. The molecule has 3 nitrogen and oxygen atoms in total. The monoisotopic (exact) mass is 745 g/mol. The lowest BCUT2D eigenvalue weighted by atomic mass is 9.53. The Morgan fingerprint density at radius 3 is 1.81 bits per heavy atom. The van der Waals surface area contributed by atoms with Crippen molar-refractivity contribution in [2.45, 2.75) is 43.9 Å². The van der Waals surface area contributed by atoms with Crippen LogP contribution in [-0.2, 0) is 5.41 Å². The van der Waals surface area contributed by atoms with Gasteiger partial charge in [0.1, 0.15) is 0 Å². The lowest BCUT2D eigenvalue weighted by molar-refractivity contribution is 0.331. The number of hydrogen-bond donors (Lipinski definition) is 0. The minimum Gasteiger partial charge on any atom is -0.309 e. The second-order valence-electron chi connectivity index (χ2n) is 16.7. The average Bonchev–Trinajstić information content (AvgIpc) is 3.77. The molecule has 0 saturated carbocycles. The van der Waals surface area contributed by atoms with Crippen molar-refractivity contribution in [3.8, 4) is 27.9 Å². The van der Waals surface area contributed by atoms with Crippen LogP contribution in [0.2, 0.25) is 0 Å². The molecule has 278 valence electrons. The van der Waals surface area contributed by atoms with Crippen LogP contribution in [0.15, 0.2) is 164 Å². The largest absolute Gasteiger partial charge is 0.309 e. The molecule has 5 aliphatic rings. The van der Waals surface area contributed by atoms with Crippen molar-refractivity contribution in [3.63, 3.8) is 0 Å². The van der Waals surface area contributed by atoms with Crippen LogP contribution < -0.4 is 0 Å². The normalized spacial score (nSPS) is 20.3. The van der Waals surface area contributed by atoms with Crippen LogP contribution in [0, 0.1) is 11.8 Å². The van der Waals surface area contributed by atoms with Gasteiger partial charge in [0.15, 0.2) is 5.82 Å². The van der Waals surface area contributed by atoms with Gasteiger partial charge in [-0.15, -0.1) is 0 Å². The van der Waals surface area contributed by atoms with E-state index in [-0.39, 0.29) is 5.41 Å². The third-order valence-electron chi connectivity index (χ3n) is 14.3. The van der Waals surface area contributed by atoms with Gasteiger partial charge in [-0.3, -0.25) is 0 Å². The number of hydrogen-bond acceptors (Lipinski definition) is 2. The predicted octanol–water partition coefficient (Wildman–Crippen LogP) is 13.4. The summed E-state index contributed by atoms with van der Waals surface area (Å²) >= 11 is 0. The molecule has 3 heteroatoms. The Morgan fingerprint density at radius 2 is 1.14 bits per heavy atom. The minimum atomic E-state index is -0.0667. The van der Waals surface area contributed by atoms with E-state index in [1.165, 1.54) is 83.1 Å². The standard InChI is InChI=1S/C55H43N3/c1-3-55(4-2)48-29-34(21-25-38(48)39-27-24-37(31-49(39)55)58-50-19-11-9-13-40(50)41-14-10-12-20-51(41)58)22-28-52-56-32-36(33-57-52)35-23-26-46-47(30-35)54-44-17-7-5-15-42(44)53(46)43-16-6-8-18-45(43)54/h5-33,42,44,53-54H,3-4H2,1-2H3/b28-22+. The number of aromatic nitrogens is 3. The highest BCUT2D eigenvalue weighted by molar-refractivity contribution is 6.09. The average molecular weight is 746 g/mol. The van der Waals surface area contributed by atoms with Crippen LogP contribution >= 0.6 is 0 Å². The molecular formula is C55H43N3. The predicted molar refractivity (Wildman–Crippen MR) is 239 cm³/mol. The molecule has 0 N–H and O–H groups in total. The zero-order chi connectivity index (χ0) is 38.5. The second-order valence-corrected chi connectivity index (χ2v) is 16.7. The molecule has 0 aliphatic heterocycles. The first-order valence-corrected chi connectivity index (χ1v) is 21.0. The Labute approximate surface area is 339 Å². The van der Waals surface area contributed by atoms with Gasteiger partial charge in [-0.2, -0.15) is 0 Å². The van der Waals surface area contributed by atoms with E-state index in [4.69, 9.17) is 9.97 Å². The number of nitrogens with zero attached hydrogens (tertiary/aromatic N) is 3. The molecule has 0 amide bonds. The molecule has 0 spiro atoms. The van der Waals surface area contributed by atoms with Gasteiger partial charge in [0, 0.05) is 51.7 Å². The molecular weight excluding hydrogens is 703 g/mol. The van der Waals surface area contributed by atoms with Gasteiger partial charge >= 0.3 is 0 Å². The molecule has 13 rings (SSSR count). The van der Waals surface area contributed by atoms with Crippen molar-refractivity contribution in [3.05, 3.63) is 209 Å². The lowest BCUT2D eigenvalue weighted by Crippen LogP contribution is -2.38. The summed E-state index contributed by atoms with van der Waals surface area (Å²) in [7, 11) is 0. The van der Waals surface area contributed by atoms with Crippen LogP contribution in [0.5, 0.6) is 0 Å². The molecule has 8 aromatic rings. The lowest BCUT2D eigenvalue weighted by Gasteiger charge is -2.50. The Bertz CT molecular complexity index is 3010. The quantitative estimate of drug-likeness (QED) is 0.170. The van der Waals surface area contributed by atoms with Gasteiger partial charge < -0.3 is 4.57 Å². The maximum atomic E-state index is 4.85. The first-order chi connectivity index (χ1) is 28.6. The highest BCUT2D eigenvalue weighted by atomic mass is 15.0. The number of para-hydroxylation sites is 2. The fourth-order valence-corrected chi connectivity index (χ4v) is 11.6. The number of allylic oxidation sites excluding steroid dienone is 4. The highest BCUT2D eigenvalue weighted by Gasteiger charge is 2.48. The van der Waals surface area contributed by atoms with E-state index in [9.17, 15) is 0 Å². The Kier molecular flexibility index (Phi) is 7.35. The zero-order valence-electron chi connectivity index (χ0n) is 32.8. The molecule has 5 aliphatic carbocycles. The summed E-state index contributed by atoms with van der Waals surface area (Å²) in [6.07, 6.45) is 19.6. The van der Waals surface area contributed by atoms with E-state index in [0.717, 1.165) is 18.4 Å². The van der Waals surface area contributed by atoms with Gasteiger partial charge in [-0.1, -0.05) is 147 Å². The molecule has 0 saturated heterocycles. The van der Waals surface area contributed by atoms with E-state index >= 15 is 0 Å². The third-order valence-corrected chi connectivity index (χ3v) is 14.3. The molecule has 0 radical (unpaired) electrons. The molecule has 6 aromatic carbocycles. The second kappa shape index (κ2) is 12.7.